The van der Waals surface area contributed by atoms with Crippen LogP contribution in [0.15, 0.2) is 29.6 Å². The quantitative estimate of drug-likeness (QED) is 0.611. The molecule has 1 N–H and O–H groups in total. The highest BCUT2D eigenvalue weighted by molar-refractivity contribution is 14.1. The van der Waals surface area contributed by atoms with E-state index in [-0.39, 0.29) is 16.9 Å². The lowest BCUT2D eigenvalue weighted by atomic mass is 10.0. The molecule has 1 aromatic carbocycles. The predicted molar refractivity (Wildman–Crippen MR) is 93.2 cm³/mol. The van der Waals surface area contributed by atoms with Crippen molar-refractivity contribution in [1.82, 2.24) is 5.32 Å². The molecule has 2 rings (SSSR count). The van der Waals surface area contributed by atoms with Crippen LogP contribution in [0.5, 0.6) is 0 Å². The second-order valence-electron chi connectivity index (χ2n) is 4.64. The van der Waals surface area contributed by atoms with Gasteiger partial charge < -0.3 is 5.32 Å². The van der Waals surface area contributed by atoms with Crippen molar-refractivity contribution in [2.75, 3.05) is 6.54 Å². The topological polar surface area (TPSA) is 12.0 Å². The van der Waals surface area contributed by atoms with Gasteiger partial charge in [-0.25, -0.2) is 4.39 Å². The molecule has 1 aromatic heterocycles. The summed E-state index contributed by atoms with van der Waals surface area (Å²) in [5.41, 5.74) is 2.33. The summed E-state index contributed by atoms with van der Waals surface area (Å²) in [5, 5.41) is 5.92. The molecule has 0 bridgehead atoms. The highest BCUT2D eigenvalue weighted by Crippen LogP contribution is 2.26. The molecule has 20 heavy (non-hydrogen) atoms. The third-order valence-electron chi connectivity index (χ3n) is 3.05. The van der Waals surface area contributed by atoms with Crippen molar-refractivity contribution in [3.05, 3.63) is 54.5 Å². The molecule has 0 amide bonds. The molecule has 0 saturated carbocycles. The minimum atomic E-state index is -0.362. The van der Waals surface area contributed by atoms with Gasteiger partial charge in [-0.15, -0.1) is 11.3 Å². The Morgan fingerprint density at radius 3 is 2.80 bits per heavy atom. The van der Waals surface area contributed by atoms with Crippen molar-refractivity contribution in [3.8, 4) is 0 Å². The Balaban J connectivity index is 2.16. The lowest BCUT2D eigenvalue weighted by molar-refractivity contribution is 0.530. The fraction of sp³-hybridized carbons (Fsp3) is 0.333. The first-order valence-electron chi connectivity index (χ1n) is 6.51. The number of thiophene rings is 1. The Hall–Kier alpha value is -0.170. The Morgan fingerprint density at radius 2 is 2.20 bits per heavy atom. The van der Waals surface area contributed by atoms with E-state index in [1.165, 1.54) is 14.5 Å². The molecular weight excluding hydrogens is 408 g/mol. The standard InChI is InChI=1S/C15H16ClFINS/c1-2-5-19-14(11-8-15(18)20-9-11)7-10-3-4-13(17)12(16)6-10/h3-4,6,8-9,14,19H,2,5,7H2,1H3. The highest BCUT2D eigenvalue weighted by Gasteiger charge is 2.14. The number of nitrogens with one attached hydrogen (secondary N) is 1. The summed E-state index contributed by atoms with van der Waals surface area (Å²) in [6, 6.07) is 7.40. The Bertz CT molecular complexity index is 573. The van der Waals surface area contributed by atoms with E-state index in [9.17, 15) is 4.39 Å². The zero-order chi connectivity index (χ0) is 14.5. The van der Waals surface area contributed by atoms with Gasteiger partial charge in [0, 0.05) is 6.04 Å². The monoisotopic (exact) mass is 423 g/mol. The minimum absolute atomic E-state index is 0.191. The summed E-state index contributed by atoms with van der Waals surface area (Å²) < 4.78 is 14.5. The molecule has 0 aliphatic rings. The fourth-order valence-corrected chi connectivity index (χ4v) is 3.66. The van der Waals surface area contributed by atoms with Gasteiger partial charge in [0.1, 0.15) is 5.82 Å². The van der Waals surface area contributed by atoms with Crippen LogP contribution in [0.2, 0.25) is 5.02 Å². The van der Waals surface area contributed by atoms with Crippen LogP contribution in [0.1, 0.15) is 30.5 Å². The van der Waals surface area contributed by atoms with Gasteiger partial charge in [0.25, 0.3) is 0 Å². The van der Waals surface area contributed by atoms with E-state index in [0.29, 0.717) is 0 Å². The summed E-state index contributed by atoms with van der Waals surface area (Å²) in [7, 11) is 0. The van der Waals surface area contributed by atoms with Crippen LogP contribution in [0, 0.1) is 8.70 Å². The molecule has 0 radical (unpaired) electrons. The lowest BCUT2D eigenvalue weighted by Crippen LogP contribution is -2.23. The van der Waals surface area contributed by atoms with E-state index in [2.05, 4.69) is 46.3 Å². The maximum Gasteiger partial charge on any atom is 0.141 e. The summed E-state index contributed by atoms with van der Waals surface area (Å²) in [6.45, 7) is 3.11. The summed E-state index contributed by atoms with van der Waals surface area (Å²) in [4.78, 5) is 0. The third kappa shape index (κ3) is 4.41. The zero-order valence-electron chi connectivity index (χ0n) is 11.1. The molecule has 0 aliphatic carbocycles. The van der Waals surface area contributed by atoms with Crippen molar-refractivity contribution in [1.29, 1.82) is 0 Å². The summed E-state index contributed by atoms with van der Waals surface area (Å²) in [6.07, 6.45) is 1.90. The molecule has 108 valence electrons. The maximum absolute atomic E-state index is 13.2. The predicted octanol–water partition coefficient (Wildman–Crippen LogP) is 5.43. The van der Waals surface area contributed by atoms with Crippen LogP contribution in [0.4, 0.5) is 4.39 Å². The molecule has 0 saturated heterocycles. The second-order valence-corrected chi connectivity index (χ2v) is 7.86. The first-order chi connectivity index (χ1) is 9.60. The average Bonchev–Trinajstić information content (AvgIpc) is 2.85. The first kappa shape index (κ1) is 16.2. The van der Waals surface area contributed by atoms with Crippen molar-refractivity contribution >= 4 is 45.5 Å². The van der Waals surface area contributed by atoms with Gasteiger partial charge in [-0.05, 0) is 76.7 Å². The number of rotatable bonds is 6. The van der Waals surface area contributed by atoms with Crippen LogP contribution in [-0.4, -0.2) is 6.54 Å². The van der Waals surface area contributed by atoms with Crippen molar-refractivity contribution in [3.63, 3.8) is 0 Å². The summed E-state index contributed by atoms with van der Waals surface area (Å²) >= 11 is 9.93. The molecule has 2 aromatic rings. The molecule has 5 heteroatoms. The van der Waals surface area contributed by atoms with Crippen LogP contribution in [0.3, 0.4) is 0 Å². The molecule has 0 spiro atoms. The van der Waals surface area contributed by atoms with Gasteiger partial charge >= 0.3 is 0 Å². The molecule has 1 unspecified atom stereocenters. The minimum Gasteiger partial charge on any atom is -0.310 e. The van der Waals surface area contributed by atoms with Gasteiger partial charge in [-0.2, -0.15) is 0 Å². The smallest absolute Gasteiger partial charge is 0.141 e. The summed E-state index contributed by atoms with van der Waals surface area (Å²) in [5.74, 6) is -0.362. The van der Waals surface area contributed by atoms with Crippen molar-refractivity contribution < 1.29 is 4.39 Å². The van der Waals surface area contributed by atoms with Crippen LogP contribution < -0.4 is 5.32 Å². The van der Waals surface area contributed by atoms with Gasteiger partial charge in [0.15, 0.2) is 0 Å². The van der Waals surface area contributed by atoms with E-state index in [4.69, 9.17) is 11.6 Å². The van der Waals surface area contributed by atoms with Crippen molar-refractivity contribution in [2.24, 2.45) is 0 Å². The normalized spacial score (nSPS) is 12.6. The SMILES string of the molecule is CCCNC(Cc1ccc(F)c(Cl)c1)c1csc(I)c1. The first-order valence-corrected chi connectivity index (χ1v) is 8.85. The van der Waals surface area contributed by atoms with Gasteiger partial charge in [-0.1, -0.05) is 24.6 Å². The molecular formula is C15H16ClFINS. The third-order valence-corrected chi connectivity index (χ3v) is 5.15. The van der Waals surface area contributed by atoms with E-state index in [1.54, 1.807) is 23.5 Å². The largest absolute Gasteiger partial charge is 0.310 e. The molecule has 0 aliphatic heterocycles. The highest BCUT2D eigenvalue weighted by atomic mass is 127. The van der Waals surface area contributed by atoms with Gasteiger partial charge in [0.2, 0.25) is 0 Å². The average molecular weight is 424 g/mol. The molecule has 1 atom stereocenters. The molecule has 1 nitrogen and oxygen atoms in total. The Labute approximate surface area is 141 Å². The molecule has 1 heterocycles. The number of halogens is 3. The van der Waals surface area contributed by atoms with E-state index in [1.807, 2.05) is 0 Å². The Kier molecular flexibility index (Phi) is 6.26. The maximum atomic E-state index is 13.2. The van der Waals surface area contributed by atoms with Gasteiger partial charge in [-0.3, -0.25) is 0 Å². The van der Waals surface area contributed by atoms with Crippen LogP contribution >= 0.6 is 45.5 Å². The number of hydrogen-bond donors (Lipinski definition) is 1. The number of benzene rings is 1. The van der Waals surface area contributed by atoms with E-state index in [0.717, 1.165) is 24.9 Å². The van der Waals surface area contributed by atoms with E-state index >= 15 is 0 Å². The van der Waals surface area contributed by atoms with Gasteiger partial charge in [0.05, 0.1) is 7.91 Å². The Morgan fingerprint density at radius 1 is 1.40 bits per heavy atom. The van der Waals surface area contributed by atoms with E-state index < -0.39 is 0 Å². The zero-order valence-corrected chi connectivity index (χ0v) is 14.9. The number of hydrogen-bond acceptors (Lipinski definition) is 2. The van der Waals surface area contributed by atoms with Crippen molar-refractivity contribution in [2.45, 2.75) is 25.8 Å². The molecule has 0 fully saturated rings. The van der Waals surface area contributed by atoms with Crippen LogP contribution in [0.25, 0.3) is 0 Å². The second kappa shape index (κ2) is 7.73. The lowest BCUT2D eigenvalue weighted by Gasteiger charge is -2.18. The fourth-order valence-electron chi connectivity index (χ4n) is 2.03. The van der Waals surface area contributed by atoms with Crippen LogP contribution in [-0.2, 0) is 6.42 Å².